The van der Waals surface area contributed by atoms with E-state index in [1.165, 1.54) is 0 Å². The molecule has 0 saturated carbocycles. The van der Waals surface area contributed by atoms with Crippen molar-refractivity contribution in [3.8, 4) is 0 Å². The van der Waals surface area contributed by atoms with E-state index in [0.717, 1.165) is 66.6 Å². The van der Waals surface area contributed by atoms with Gasteiger partial charge in [0.05, 0.1) is 5.69 Å². The fourth-order valence-electron chi connectivity index (χ4n) is 4.40. The predicted molar refractivity (Wildman–Crippen MR) is 110 cm³/mol. The molecule has 3 aromatic rings. The number of rotatable bonds is 5. The van der Waals surface area contributed by atoms with Crippen LogP contribution in [0.4, 0.5) is 0 Å². The van der Waals surface area contributed by atoms with Crippen molar-refractivity contribution in [3.05, 3.63) is 40.9 Å². The normalized spacial score (nSPS) is 15.4. The lowest BCUT2D eigenvalue weighted by atomic mass is 9.95. The molecule has 8 nitrogen and oxygen atoms in total. The van der Waals surface area contributed by atoms with Crippen molar-refractivity contribution in [2.24, 2.45) is 0 Å². The maximum atomic E-state index is 12.8. The van der Waals surface area contributed by atoms with Crippen molar-refractivity contribution in [2.75, 3.05) is 13.1 Å². The first-order chi connectivity index (χ1) is 14.0. The van der Waals surface area contributed by atoms with Crippen molar-refractivity contribution in [1.29, 1.82) is 0 Å². The Morgan fingerprint density at radius 2 is 1.97 bits per heavy atom. The summed E-state index contributed by atoms with van der Waals surface area (Å²) in [5.41, 5.74) is 5.01. The Bertz CT molecular complexity index is 1030. The molecule has 0 radical (unpaired) electrons. The van der Waals surface area contributed by atoms with E-state index in [9.17, 15) is 4.79 Å². The third-order valence-corrected chi connectivity index (χ3v) is 6.07. The van der Waals surface area contributed by atoms with Crippen LogP contribution < -0.4 is 0 Å². The molecule has 3 aromatic heterocycles. The zero-order chi connectivity index (χ0) is 20.5. The molecule has 1 aliphatic heterocycles. The predicted octanol–water partition coefficient (Wildman–Crippen LogP) is 2.60. The van der Waals surface area contributed by atoms with Gasteiger partial charge in [-0.15, -0.1) is 10.2 Å². The fourth-order valence-corrected chi connectivity index (χ4v) is 4.40. The van der Waals surface area contributed by atoms with Gasteiger partial charge >= 0.3 is 0 Å². The molecule has 1 aliphatic rings. The minimum absolute atomic E-state index is 0.218. The van der Waals surface area contributed by atoms with Crippen molar-refractivity contribution in [2.45, 2.75) is 65.8 Å². The highest BCUT2D eigenvalue weighted by molar-refractivity contribution is 5.76. The quantitative estimate of drug-likeness (QED) is 0.663. The second-order valence-corrected chi connectivity index (χ2v) is 7.95. The van der Waals surface area contributed by atoms with Gasteiger partial charge in [-0.2, -0.15) is 5.10 Å². The van der Waals surface area contributed by atoms with Crippen LogP contribution in [-0.2, 0) is 17.8 Å². The molecule has 0 unspecified atom stereocenters. The molecule has 154 valence electrons. The van der Waals surface area contributed by atoms with E-state index < -0.39 is 0 Å². The lowest BCUT2D eigenvalue weighted by Gasteiger charge is -2.31. The largest absolute Gasteiger partial charge is 0.343 e. The Hall–Kier alpha value is -2.77. The molecular formula is C21H29N7O. The molecule has 0 aromatic carbocycles. The number of likely N-dealkylation sites (tertiary alicyclic amines) is 1. The third-order valence-electron chi connectivity index (χ3n) is 6.07. The standard InChI is InChI=1S/C21H29N7O/c1-5-26-13-22-24-21(26)17-8-10-27(11-9-17)20(29)7-6-18-15(3)23-19-12-14(2)25-28(19)16(18)4/h12-13,17H,5-11H2,1-4H3. The Kier molecular flexibility index (Phi) is 5.34. The Labute approximate surface area is 171 Å². The van der Waals surface area contributed by atoms with Gasteiger partial charge in [0.25, 0.3) is 0 Å². The molecule has 0 atom stereocenters. The van der Waals surface area contributed by atoms with Crippen LogP contribution >= 0.6 is 0 Å². The number of carbonyl (C=O) groups excluding carboxylic acids is 1. The van der Waals surface area contributed by atoms with Crippen molar-refractivity contribution < 1.29 is 4.79 Å². The van der Waals surface area contributed by atoms with Crippen LogP contribution in [0, 0.1) is 20.8 Å². The molecule has 1 amide bonds. The zero-order valence-electron chi connectivity index (χ0n) is 17.7. The van der Waals surface area contributed by atoms with Crippen molar-refractivity contribution >= 4 is 11.6 Å². The lowest BCUT2D eigenvalue weighted by molar-refractivity contribution is -0.132. The molecule has 0 aliphatic carbocycles. The van der Waals surface area contributed by atoms with Crippen LogP contribution in [0.2, 0.25) is 0 Å². The van der Waals surface area contributed by atoms with Crippen LogP contribution in [-0.4, -0.2) is 53.3 Å². The number of fused-ring (bicyclic) bond motifs is 1. The van der Waals surface area contributed by atoms with Crippen molar-refractivity contribution in [1.82, 2.24) is 34.3 Å². The Morgan fingerprint density at radius 1 is 1.21 bits per heavy atom. The van der Waals surface area contributed by atoms with Crippen LogP contribution in [0.15, 0.2) is 12.4 Å². The summed E-state index contributed by atoms with van der Waals surface area (Å²) in [7, 11) is 0. The summed E-state index contributed by atoms with van der Waals surface area (Å²) in [6, 6.07) is 1.98. The summed E-state index contributed by atoms with van der Waals surface area (Å²) in [5.74, 6) is 1.66. The van der Waals surface area contributed by atoms with Gasteiger partial charge in [-0.3, -0.25) is 4.79 Å². The van der Waals surface area contributed by atoms with Gasteiger partial charge in [-0.1, -0.05) is 0 Å². The molecule has 29 heavy (non-hydrogen) atoms. The van der Waals surface area contributed by atoms with E-state index >= 15 is 0 Å². The molecule has 8 heteroatoms. The second kappa shape index (κ2) is 7.93. The summed E-state index contributed by atoms with van der Waals surface area (Å²) in [6.45, 7) is 10.6. The molecule has 4 rings (SSSR count). The highest BCUT2D eigenvalue weighted by Crippen LogP contribution is 2.27. The van der Waals surface area contributed by atoms with E-state index in [0.29, 0.717) is 18.8 Å². The molecule has 0 spiro atoms. The monoisotopic (exact) mass is 395 g/mol. The van der Waals surface area contributed by atoms with Crippen LogP contribution in [0.3, 0.4) is 0 Å². The lowest BCUT2D eigenvalue weighted by Crippen LogP contribution is -2.38. The number of hydrogen-bond acceptors (Lipinski definition) is 5. The van der Waals surface area contributed by atoms with E-state index in [1.807, 2.05) is 29.3 Å². The van der Waals surface area contributed by atoms with Crippen LogP contribution in [0.1, 0.15) is 60.6 Å². The number of aromatic nitrogens is 6. The highest BCUT2D eigenvalue weighted by Gasteiger charge is 2.26. The number of hydrogen-bond donors (Lipinski definition) is 0. The van der Waals surface area contributed by atoms with E-state index in [2.05, 4.69) is 38.7 Å². The van der Waals surface area contributed by atoms with Crippen LogP contribution in [0.25, 0.3) is 5.65 Å². The summed E-state index contributed by atoms with van der Waals surface area (Å²) in [4.78, 5) is 19.5. The number of amides is 1. The molecule has 0 N–H and O–H groups in total. The second-order valence-electron chi connectivity index (χ2n) is 7.95. The first-order valence-electron chi connectivity index (χ1n) is 10.5. The highest BCUT2D eigenvalue weighted by atomic mass is 16.2. The fraction of sp³-hybridized carbons (Fsp3) is 0.571. The topological polar surface area (TPSA) is 81.2 Å². The number of nitrogens with zero attached hydrogens (tertiary/aromatic N) is 7. The Balaban J connectivity index is 1.38. The summed E-state index contributed by atoms with van der Waals surface area (Å²) in [5, 5.41) is 12.9. The first-order valence-corrected chi connectivity index (χ1v) is 10.5. The summed E-state index contributed by atoms with van der Waals surface area (Å²) in [6.07, 6.45) is 4.89. The molecule has 0 bridgehead atoms. The average molecular weight is 396 g/mol. The summed E-state index contributed by atoms with van der Waals surface area (Å²) < 4.78 is 3.99. The van der Waals surface area contributed by atoms with Gasteiger partial charge in [0.2, 0.25) is 5.91 Å². The molecule has 1 saturated heterocycles. The maximum absolute atomic E-state index is 12.8. The van der Waals surface area contributed by atoms with Gasteiger partial charge in [0.15, 0.2) is 5.65 Å². The minimum Gasteiger partial charge on any atom is -0.343 e. The van der Waals surface area contributed by atoms with Gasteiger partial charge in [0, 0.05) is 49.4 Å². The van der Waals surface area contributed by atoms with E-state index in [4.69, 9.17) is 0 Å². The Morgan fingerprint density at radius 3 is 2.69 bits per heavy atom. The SMILES string of the molecule is CCn1cnnc1C1CCN(C(=O)CCc2c(C)nc3cc(C)nn3c2C)CC1. The van der Waals surface area contributed by atoms with Crippen molar-refractivity contribution in [3.63, 3.8) is 0 Å². The van der Waals surface area contributed by atoms with E-state index in [1.54, 1.807) is 6.33 Å². The van der Waals surface area contributed by atoms with Gasteiger partial charge in [-0.05, 0) is 52.5 Å². The van der Waals surface area contributed by atoms with Gasteiger partial charge in [0.1, 0.15) is 12.2 Å². The van der Waals surface area contributed by atoms with E-state index in [-0.39, 0.29) is 5.91 Å². The smallest absolute Gasteiger partial charge is 0.222 e. The molecular weight excluding hydrogens is 366 g/mol. The average Bonchev–Trinajstić information content (AvgIpc) is 3.33. The number of aryl methyl sites for hydroxylation is 4. The zero-order valence-corrected chi connectivity index (χ0v) is 17.7. The first kappa shape index (κ1) is 19.5. The maximum Gasteiger partial charge on any atom is 0.222 e. The number of piperidine rings is 1. The minimum atomic E-state index is 0.218. The van der Waals surface area contributed by atoms with Gasteiger partial charge < -0.3 is 9.47 Å². The third kappa shape index (κ3) is 3.75. The molecule has 1 fully saturated rings. The summed E-state index contributed by atoms with van der Waals surface area (Å²) >= 11 is 0. The van der Waals surface area contributed by atoms with Gasteiger partial charge in [-0.25, -0.2) is 9.50 Å². The number of carbonyl (C=O) groups is 1. The van der Waals surface area contributed by atoms with Crippen LogP contribution in [0.5, 0.6) is 0 Å². The molecule has 4 heterocycles.